The van der Waals surface area contributed by atoms with Crippen LogP contribution in [-0.2, 0) is 38.0 Å². The van der Waals surface area contributed by atoms with Crippen molar-refractivity contribution in [1.29, 1.82) is 0 Å². The fourth-order valence-corrected chi connectivity index (χ4v) is 5.51. The summed E-state index contributed by atoms with van der Waals surface area (Å²) in [5, 5.41) is 3.57. The van der Waals surface area contributed by atoms with Crippen LogP contribution in [0.5, 0.6) is 0 Å². The van der Waals surface area contributed by atoms with E-state index < -0.39 is 34.1 Å². The minimum absolute atomic E-state index is 0.0889. The van der Waals surface area contributed by atoms with Crippen LogP contribution in [0.2, 0.25) is 5.02 Å². The average Bonchev–Trinajstić information content (AvgIpc) is 2.88. The third kappa shape index (κ3) is 9.60. The van der Waals surface area contributed by atoms with Crippen LogP contribution in [0.1, 0.15) is 58.2 Å². The smallest absolute Gasteiger partial charge is 0.244 e. The molecule has 0 aliphatic rings. The highest BCUT2D eigenvalue weighted by molar-refractivity contribution is 7.92. The first kappa shape index (κ1) is 33.1. The van der Waals surface area contributed by atoms with Gasteiger partial charge in [-0.25, -0.2) is 8.42 Å². The van der Waals surface area contributed by atoms with E-state index in [0.717, 1.165) is 27.3 Å². The molecule has 0 aliphatic carbocycles. The number of hydrogen-bond donors (Lipinski definition) is 1. The molecule has 0 unspecified atom stereocenters. The summed E-state index contributed by atoms with van der Waals surface area (Å²) in [5.41, 5.74) is 2.38. The van der Waals surface area contributed by atoms with Crippen LogP contribution >= 0.6 is 11.6 Å². The average molecular weight is 612 g/mol. The predicted molar refractivity (Wildman–Crippen MR) is 171 cm³/mol. The van der Waals surface area contributed by atoms with E-state index >= 15 is 0 Å². The highest BCUT2D eigenvalue weighted by Gasteiger charge is 2.34. The summed E-state index contributed by atoms with van der Waals surface area (Å²) in [4.78, 5) is 29.4. The predicted octanol–water partition coefficient (Wildman–Crippen LogP) is 5.96. The van der Waals surface area contributed by atoms with Gasteiger partial charge in [-0.3, -0.25) is 13.9 Å². The van der Waals surface area contributed by atoms with Gasteiger partial charge in [-0.05, 0) is 67.1 Å². The first-order chi connectivity index (χ1) is 19.4. The minimum atomic E-state index is -3.84. The molecule has 0 spiro atoms. The highest BCUT2D eigenvalue weighted by atomic mass is 35.5. The van der Waals surface area contributed by atoms with Gasteiger partial charge >= 0.3 is 0 Å². The van der Waals surface area contributed by atoms with Crippen molar-refractivity contribution in [2.45, 2.75) is 71.5 Å². The number of sulfonamides is 1. The zero-order chi connectivity index (χ0) is 31.3. The molecule has 0 saturated heterocycles. The molecule has 1 N–H and O–H groups in total. The number of rotatable bonds is 10. The van der Waals surface area contributed by atoms with Crippen LogP contribution in [0.15, 0.2) is 78.9 Å². The molecule has 7 nitrogen and oxygen atoms in total. The van der Waals surface area contributed by atoms with E-state index in [1.807, 2.05) is 63.2 Å². The van der Waals surface area contributed by atoms with Crippen molar-refractivity contribution >= 4 is 39.1 Å². The number of anilines is 1. The molecule has 42 heavy (non-hydrogen) atoms. The maximum Gasteiger partial charge on any atom is 0.244 e. The second-order valence-corrected chi connectivity index (χ2v) is 15.0. The van der Waals surface area contributed by atoms with Crippen LogP contribution in [0.25, 0.3) is 0 Å². The summed E-state index contributed by atoms with van der Waals surface area (Å²) >= 11 is 6.11. The number of halogens is 1. The minimum Gasteiger partial charge on any atom is -0.350 e. The quantitative estimate of drug-likeness (QED) is 0.307. The van der Waals surface area contributed by atoms with E-state index in [-0.39, 0.29) is 24.3 Å². The maximum absolute atomic E-state index is 14.2. The van der Waals surface area contributed by atoms with E-state index in [1.165, 1.54) is 4.90 Å². The standard InChI is InChI=1S/C33H42ClN3O4S/c1-32(2,3)26-15-19-28(20-16-26)37(42(7,40)41)23-30(38)36(22-25-13-17-27(34)18-14-25)29(31(39)35-33(4,5)6)21-24-11-9-8-10-12-24/h8-20,29H,21-23H2,1-7H3,(H,35,39)/t29-/m0/s1. The molecule has 0 heterocycles. The van der Waals surface area contributed by atoms with Gasteiger partial charge in [0.2, 0.25) is 21.8 Å². The Kier molecular flexibility index (Phi) is 10.5. The molecule has 3 aromatic carbocycles. The second kappa shape index (κ2) is 13.3. The first-order valence-electron chi connectivity index (χ1n) is 13.9. The van der Waals surface area contributed by atoms with Gasteiger partial charge in [0.05, 0.1) is 11.9 Å². The lowest BCUT2D eigenvalue weighted by molar-refractivity contribution is -0.140. The molecular formula is C33H42ClN3O4S. The Hall–Kier alpha value is -3.36. The van der Waals surface area contributed by atoms with Crippen LogP contribution in [0.4, 0.5) is 5.69 Å². The van der Waals surface area contributed by atoms with Gasteiger partial charge in [0.25, 0.3) is 0 Å². The molecule has 9 heteroatoms. The van der Waals surface area contributed by atoms with Gasteiger partial charge in [0, 0.05) is 23.5 Å². The van der Waals surface area contributed by atoms with E-state index in [9.17, 15) is 18.0 Å². The van der Waals surface area contributed by atoms with Crippen LogP contribution < -0.4 is 9.62 Å². The molecule has 0 bridgehead atoms. The monoisotopic (exact) mass is 611 g/mol. The summed E-state index contributed by atoms with van der Waals surface area (Å²) in [6.07, 6.45) is 1.33. The Bertz CT molecular complexity index is 1460. The lowest BCUT2D eigenvalue weighted by Crippen LogP contribution is -2.56. The molecule has 3 rings (SSSR count). The number of nitrogens with one attached hydrogen (secondary N) is 1. The fraction of sp³-hybridized carbons (Fsp3) is 0.394. The van der Waals surface area contributed by atoms with Crippen molar-refractivity contribution in [3.63, 3.8) is 0 Å². The van der Waals surface area contributed by atoms with E-state index in [4.69, 9.17) is 11.6 Å². The van der Waals surface area contributed by atoms with Gasteiger partial charge in [-0.15, -0.1) is 0 Å². The fourth-order valence-electron chi connectivity index (χ4n) is 4.53. The number of hydrogen-bond acceptors (Lipinski definition) is 4. The summed E-state index contributed by atoms with van der Waals surface area (Å²) in [6.45, 7) is 11.5. The molecule has 3 aromatic rings. The normalized spacial score (nSPS) is 12.9. The van der Waals surface area contributed by atoms with E-state index in [2.05, 4.69) is 26.1 Å². The van der Waals surface area contributed by atoms with Gasteiger partial charge in [0.1, 0.15) is 12.6 Å². The molecule has 0 radical (unpaired) electrons. The van der Waals surface area contributed by atoms with Gasteiger partial charge < -0.3 is 10.2 Å². The van der Waals surface area contributed by atoms with Gasteiger partial charge in [-0.1, -0.05) is 87.0 Å². The van der Waals surface area contributed by atoms with Crippen molar-refractivity contribution in [3.05, 3.63) is 101 Å². The number of amides is 2. The first-order valence-corrected chi connectivity index (χ1v) is 16.1. The summed E-state index contributed by atoms with van der Waals surface area (Å²) in [6, 6.07) is 22.8. The Morgan fingerprint density at radius 3 is 1.90 bits per heavy atom. The summed E-state index contributed by atoms with van der Waals surface area (Å²) < 4.78 is 27.1. The molecule has 0 saturated carbocycles. The molecule has 1 atom stereocenters. The highest BCUT2D eigenvalue weighted by Crippen LogP contribution is 2.26. The van der Waals surface area contributed by atoms with Crippen molar-refractivity contribution in [2.24, 2.45) is 0 Å². The Morgan fingerprint density at radius 1 is 0.833 bits per heavy atom. The SMILES string of the molecule is CC(C)(C)NC(=O)[C@H](Cc1ccccc1)N(Cc1ccc(Cl)cc1)C(=O)CN(c1ccc(C(C)(C)C)cc1)S(C)(=O)=O. The summed E-state index contributed by atoms with van der Waals surface area (Å²) in [5.74, 6) is -0.825. The molecule has 0 aromatic heterocycles. The zero-order valence-electron chi connectivity index (χ0n) is 25.5. The van der Waals surface area contributed by atoms with Crippen molar-refractivity contribution in [2.75, 3.05) is 17.1 Å². The number of carbonyl (C=O) groups excluding carboxylic acids is 2. The molecule has 226 valence electrons. The Morgan fingerprint density at radius 2 is 1.40 bits per heavy atom. The van der Waals surface area contributed by atoms with Crippen molar-refractivity contribution < 1.29 is 18.0 Å². The zero-order valence-corrected chi connectivity index (χ0v) is 27.1. The van der Waals surface area contributed by atoms with E-state index in [1.54, 1.807) is 36.4 Å². The van der Waals surface area contributed by atoms with E-state index in [0.29, 0.717) is 10.7 Å². The largest absolute Gasteiger partial charge is 0.350 e. The van der Waals surface area contributed by atoms with Crippen LogP contribution in [0.3, 0.4) is 0 Å². The van der Waals surface area contributed by atoms with Gasteiger partial charge in [0.15, 0.2) is 0 Å². The number of carbonyl (C=O) groups is 2. The number of benzene rings is 3. The summed E-state index contributed by atoms with van der Waals surface area (Å²) in [7, 11) is -3.84. The third-order valence-electron chi connectivity index (χ3n) is 6.74. The number of nitrogens with zero attached hydrogens (tertiary/aromatic N) is 2. The molecule has 0 fully saturated rings. The maximum atomic E-state index is 14.2. The molecular weight excluding hydrogens is 570 g/mol. The lowest BCUT2D eigenvalue weighted by Gasteiger charge is -2.35. The second-order valence-electron chi connectivity index (χ2n) is 12.7. The van der Waals surface area contributed by atoms with Crippen molar-refractivity contribution in [1.82, 2.24) is 10.2 Å². The molecule has 0 aliphatic heterocycles. The Balaban J connectivity index is 2.06. The molecule has 2 amide bonds. The Labute approximate surface area is 255 Å². The topological polar surface area (TPSA) is 86.8 Å². The third-order valence-corrected chi connectivity index (χ3v) is 8.13. The lowest BCUT2D eigenvalue weighted by atomic mass is 9.87. The van der Waals surface area contributed by atoms with Crippen molar-refractivity contribution in [3.8, 4) is 0 Å². The van der Waals surface area contributed by atoms with Crippen LogP contribution in [0, 0.1) is 0 Å². The van der Waals surface area contributed by atoms with Gasteiger partial charge in [-0.2, -0.15) is 0 Å². The van der Waals surface area contributed by atoms with Crippen LogP contribution in [-0.4, -0.2) is 49.5 Å².